The molecule has 0 aliphatic carbocycles. The van der Waals surface area contributed by atoms with Crippen LogP contribution in [0, 0.1) is 18.3 Å². The lowest BCUT2D eigenvalue weighted by Crippen LogP contribution is -2.14. The molecule has 0 spiro atoms. The van der Waals surface area contributed by atoms with E-state index in [1.165, 1.54) is 0 Å². The molecule has 3 heteroatoms. The number of nitrogens with one attached hydrogen (secondary N) is 1. The maximum atomic E-state index is 11.5. The molecular weight excluding hydrogens is 212 g/mol. The van der Waals surface area contributed by atoms with Crippen LogP contribution in [0.4, 0.5) is 0 Å². The highest BCUT2D eigenvalue weighted by Crippen LogP contribution is 2.14. The molecule has 3 nitrogen and oxygen atoms in total. The lowest BCUT2D eigenvalue weighted by Gasteiger charge is -2.07. The lowest BCUT2D eigenvalue weighted by atomic mass is 9.98. The Morgan fingerprint density at radius 1 is 1.29 bits per heavy atom. The quantitative estimate of drug-likeness (QED) is 0.849. The number of aryl methyl sites for hydroxylation is 1. The normalized spacial score (nSPS) is 9.88. The highest BCUT2D eigenvalue weighted by atomic mass is 16.1. The Kier molecular flexibility index (Phi) is 3.06. The molecule has 0 aliphatic rings. The standard InChI is InChI=1S/C14H12N2O/c1-10-9-16-14(17)13(8-15)12(10)7-11-5-3-2-4-6-11/h2-6,9H,7H2,1H3,(H,16,17). The maximum absolute atomic E-state index is 11.5. The molecule has 0 amide bonds. The zero-order valence-corrected chi connectivity index (χ0v) is 9.53. The number of aromatic amines is 1. The summed E-state index contributed by atoms with van der Waals surface area (Å²) in [5, 5.41) is 9.03. The van der Waals surface area contributed by atoms with Gasteiger partial charge < -0.3 is 4.98 Å². The third-order valence-corrected chi connectivity index (χ3v) is 2.76. The fourth-order valence-electron chi connectivity index (χ4n) is 1.81. The summed E-state index contributed by atoms with van der Waals surface area (Å²) in [6, 6.07) is 11.8. The van der Waals surface area contributed by atoms with E-state index in [-0.39, 0.29) is 11.1 Å². The first-order chi connectivity index (χ1) is 8.22. The van der Waals surface area contributed by atoms with Gasteiger partial charge in [-0.3, -0.25) is 4.79 Å². The number of hydrogen-bond donors (Lipinski definition) is 1. The van der Waals surface area contributed by atoms with Gasteiger partial charge in [-0.1, -0.05) is 30.3 Å². The van der Waals surface area contributed by atoms with Crippen LogP contribution in [-0.4, -0.2) is 4.98 Å². The van der Waals surface area contributed by atoms with Gasteiger partial charge in [0.05, 0.1) is 0 Å². The van der Waals surface area contributed by atoms with Crippen LogP contribution in [0.5, 0.6) is 0 Å². The molecule has 1 aromatic heterocycles. The van der Waals surface area contributed by atoms with E-state index in [9.17, 15) is 4.79 Å². The van der Waals surface area contributed by atoms with Crippen molar-refractivity contribution in [1.29, 1.82) is 5.26 Å². The third-order valence-electron chi connectivity index (χ3n) is 2.76. The summed E-state index contributed by atoms with van der Waals surface area (Å²) in [5.41, 5.74) is 2.74. The van der Waals surface area contributed by atoms with E-state index in [4.69, 9.17) is 5.26 Å². The monoisotopic (exact) mass is 224 g/mol. The van der Waals surface area contributed by atoms with E-state index in [1.807, 2.05) is 43.3 Å². The summed E-state index contributed by atoms with van der Waals surface area (Å²) in [4.78, 5) is 14.1. The SMILES string of the molecule is Cc1c[nH]c(=O)c(C#N)c1Cc1ccccc1. The number of benzene rings is 1. The Morgan fingerprint density at radius 2 is 2.00 bits per heavy atom. The van der Waals surface area contributed by atoms with Gasteiger partial charge in [-0.15, -0.1) is 0 Å². The highest BCUT2D eigenvalue weighted by molar-refractivity contribution is 5.42. The fraction of sp³-hybridized carbons (Fsp3) is 0.143. The van der Waals surface area contributed by atoms with Crippen molar-refractivity contribution in [2.75, 3.05) is 0 Å². The fourth-order valence-corrected chi connectivity index (χ4v) is 1.81. The summed E-state index contributed by atoms with van der Waals surface area (Å²) in [7, 11) is 0. The molecule has 84 valence electrons. The van der Waals surface area contributed by atoms with Crippen molar-refractivity contribution in [3.63, 3.8) is 0 Å². The zero-order chi connectivity index (χ0) is 12.3. The molecule has 2 rings (SSSR count). The molecule has 1 aromatic carbocycles. The summed E-state index contributed by atoms with van der Waals surface area (Å²) >= 11 is 0. The minimum absolute atomic E-state index is 0.217. The Labute approximate surface area is 99.4 Å². The second-order valence-electron chi connectivity index (χ2n) is 3.93. The summed E-state index contributed by atoms with van der Waals surface area (Å²) in [6.07, 6.45) is 2.26. The van der Waals surface area contributed by atoms with E-state index in [0.29, 0.717) is 6.42 Å². The summed E-state index contributed by atoms with van der Waals surface area (Å²) in [5.74, 6) is 0. The topological polar surface area (TPSA) is 56.6 Å². The van der Waals surface area contributed by atoms with E-state index in [1.54, 1.807) is 6.20 Å². The molecule has 1 heterocycles. The first-order valence-corrected chi connectivity index (χ1v) is 5.37. The van der Waals surface area contributed by atoms with Crippen molar-refractivity contribution < 1.29 is 0 Å². The number of pyridine rings is 1. The smallest absolute Gasteiger partial charge is 0.266 e. The molecule has 0 saturated heterocycles. The molecule has 0 radical (unpaired) electrons. The predicted molar refractivity (Wildman–Crippen MR) is 65.8 cm³/mol. The number of nitriles is 1. The van der Waals surface area contributed by atoms with E-state index >= 15 is 0 Å². The largest absolute Gasteiger partial charge is 0.328 e. The number of H-pyrrole nitrogens is 1. The molecule has 0 aliphatic heterocycles. The van der Waals surface area contributed by atoms with Gasteiger partial charge >= 0.3 is 0 Å². The van der Waals surface area contributed by atoms with Crippen LogP contribution >= 0.6 is 0 Å². The van der Waals surface area contributed by atoms with Crippen LogP contribution in [0.15, 0.2) is 41.3 Å². The highest BCUT2D eigenvalue weighted by Gasteiger charge is 2.10. The second kappa shape index (κ2) is 4.67. The van der Waals surface area contributed by atoms with Crippen molar-refractivity contribution in [2.24, 2.45) is 0 Å². The van der Waals surface area contributed by atoms with E-state index in [2.05, 4.69) is 4.98 Å². The van der Waals surface area contributed by atoms with Gasteiger partial charge in [0.15, 0.2) is 0 Å². The number of hydrogen-bond acceptors (Lipinski definition) is 2. The Bertz CT molecular complexity index is 621. The van der Waals surface area contributed by atoms with Crippen molar-refractivity contribution in [3.8, 4) is 6.07 Å². The van der Waals surface area contributed by atoms with Gasteiger partial charge in [0.2, 0.25) is 0 Å². The van der Waals surface area contributed by atoms with Gasteiger partial charge in [-0.2, -0.15) is 5.26 Å². The summed E-state index contributed by atoms with van der Waals surface area (Å²) < 4.78 is 0. The van der Waals surface area contributed by atoms with Gasteiger partial charge in [-0.05, 0) is 30.0 Å². The number of rotatable bonds is 2. The van der Waals surface area contributed by atoms with Crippen LogP contribution in [0.1, 0.15) is 22.3 Å². The molecule has 0 unspecified atom stereocenters. The molecule has 0 fully saturated rings. The van der Waals surface area contributed by atoms with Gasteiger partial charge in [0, 0.05) is 6.20 Å². The molecule has 2 aromatic rings. The van der Waals surface area contributed by atoms with Crippen LogP contribution < -0.4 is 5.56 Å². The Morgan fingerprint density at radius 3 is 2.65 bits per heavy atom. The molecular formula is C14H12N2O. The molecule has 1 N–H and O–H groups in total. The first-order valence-electron chi connectivity index (χ1n) is 5.37. The summed E-state index contributed by atoms with van der Waals surface area (Å²) in [6.45, 7) is 1.90. The van der Waals surface area contributed by atoms with Crippen LogP contribution in [0.3, 0.4) is 0 Å². The predicted octanol–water partition coefficient (Wildman–Crippen LogP) is 2.15. The van der Waals surface area contributed by atoms with Crippen molar-refractivity contribution >= 4 is 0 Å². The zero-order valence-electron chi connectivity index (χ0n) is 9.53. The Hall–Kier alpha value is -2.34. The van der Waals surface area contributed by atoms with Crippen LogP contribution in [0.25, 0.3) is 0 Å². The van der Waals surface area contributed by atoms with Gasteiger partial charge in [0.1, 0.15) is 11.6 Å². The van der Waals surface area contributed by atoms with Crippen molar-refractivity contribution in [3.05, 3.63) is 69.1 Å². The minimum Gasteiger partial charge on any atom is -0.328 e. The van der Waals surface area contributed by atoms with Crippen LogP contribution in [-0.2, 0) is 6.42 Å². The minimum atomic E-state index is -0.316. The van der Waals surface area contributed by atoms with Crippen molar-refractivity contribution in [2.45, 2.75) is 13.3 Å². The Balaban J connectivity index is 2.50. The van der Waals surface area contributed by atoms with Gasteiger partial charge in [0.25, 0.3) is 5.56 Å². The average Bonchev–Trinajstić information content (AvgIpc) is 2.35. The maximum Gasteiger partial charge on any atom is 0.266 e. The van der Waals surface area contributed by atoms with Gasteiger partial charge in [-0.25, -0.2) is 0 Å². The van der Waals surface area contributed by atoms with E-state index in [0.717, 1.165) is 16.7 Å². The molecule has 0 atom stereocenters. The van der Waals surface area contributed by atoms with Crippen molar-refractivity contribution in [1.82, 2.24) is 4.98 Å². The number of nitrogens with zero attached hydrogens (tertiary/aromatic N) is 1. The lowest BCUT2D eigenvalue weighted by molar-refractivity contribution is 1.07. The first kappa shape index (κ1) is 11.2. The number of aromatic nitrogens is 1. The van der Waals surface area contributed by atoms with E-state index < -0.39 is 0 Å². The molecule has 17 heavy (non-hydrogen) atoms. The molecule has 0 saturated carbocycles. The second-order valence-corrected chi connectivity index (χ2v) is 3.93. The van der Waals surface area contributed by atoms with Crippen LogP contribution in [0.2, 0.25) is 0 Å². The molecule has 0 bridgehead atoms. The average molecular weight is 224 g/mol. The third kappa shape index (κ3) is 2.26.